The summed E-state index contributed by atoms with van der Waals surface area (Å²) in [6.45, 7) is 7.21. The van der Waals surface area contributed by atoms with Gasteiger partial charge in [-0.1, -0.05) is 316 Å². The Hall–Kier alpha value is -2.46. The fraction of sp³-hybridized carbons (Fsp3) is 0.893. The molecule has 554 valence electrons. The lowest BCUT2D eigenvalue weighted by molar-refractivity contribution is -0.161. The van der Waals surface area contributed by atoms with Crippen LogP contribution in [-0.4, -0.2) is 96.7 Å². The van der Waals surface area contributed by atoms with Gasteiger partial charge in [0.15, 0.2) is 12.2 Å². The molecular formula is C75H142O17P2. The molecule has 0 saturated carbocycles. The smallest absolute Gasteiger partial charge is 0.462 e. The molecule has 0 aliphatic carbocycles. The summed E-state index contributed by atoms with van der Waals surface area (Å²) in [4.78, 5) is 72.7. The van der Waals surface area contributed by atoms with Crippen LogP contribution in [0.3, 0.4) is 0 Å². The van der Waals surface area contributed by atoms with Gasteiger partial charge in [-0.2, -0.15) is 0 Å². The van der Waals surface area contributed by atoms with E-state index in [0.29, 0.717) is 25.7 Å². The number of phosphoric acid groups is 2. The molecule has 0 radical (unpaired) electrons. The van der Waals surface area contributed by atoms with E-state index < -0.39 is 97.5 Å². The first-order valence-corrected chi connectivity index (χ1v) is 41.5. The van der Waals surface area contributed by atoms with Crippen molar-refractivity contribution in [2.45, 2.75) is 387 Å². The molecule has 0 aromatic rings. The number of esters is 4. The van der Waals surface area contributed by atoms with Gasteiger partial charge in [0.1, 0.15) is 19.3 Å². The minimum atomic E-state index is -4.96. The first kappa shape index (κ1) is 91.5. The van der Waals surface area contributed by atoms with Crippen molar-refractivity contribution in [3.8, 4) is 0 Å². The van der Waals surface area contributed by atoms with Gasteiger partial charge in [0.2, 0.25) is 0 Å². The van der Waals surface area contributed by atoms with Gasteiger partial charge in [0.25, 0.3) is 0 Å². The second-order valence-corrected chi connectivity index (χ2v) is 29.5. The van der Waals surface area contributed by atoms with Gasteiger partial charge < -0.3 is 33.8 Å². The molecular weight excluding hydrogens is 1230 g/mol. The van der Waals surface area contributed by atoms with Gasteiger partial charge in [-0.25, -0.2) is 9.13 Å². The van der Waals surface area contributed by atoms with E-state index in [1.807, 2.05) is 0 Å². The molecule has 0 saturated heterocycles. The summed E-state index contributed by atoms with van der Waals surface area (Å²) in [5, 5.41) is 10.6. The molecule has 0 rings (SSSR count). The maximum absolute atomic E-state index is 13.1. The fourth-order valence-electron chi connectivity index (χ4n) is 11.0. The molecule has 0 bridgehead atoms. The van der Waals surface area contributed by atoms with Gasteiger partial charge >= 0.3 is 39.5 Å². The van der Waals surface area contributed by atoms with Crippen LogP contribution in [0.4, 0.5) is 0 Å². The number of phosphoric ester groups is 2. The zero-order chi connectivity index (χ0) is 69.1. The van der Waals surface area contributed by atoms with Crippen LogP contribution < -0.4 is 0 Å². The molecule has 3 N–H and O–H groups in total. The summed E-state index contributed by atoms with van der Waals surface area (Å²) in [5.74, 6) is -1.38. The maximum atomic E-state index is 13.1. The first-order valence-electron chi connectivity index (χ1n) is 38.5. The Balaban J connectivity index is 5.29. The first-order chi connectivity index (χ1) is 45.6. The number of rotatable bonds is 73. The summed E-state index contributed by atoms with van der Waals surface area (Å²) in [6.07, 6.45) is 58.9. The lowest BCUT2D eigenvalue weighted by Gasteiger charge is -2.21. The van der Waals surface area contributed by atoms with E-state index in [9.17, 15) is 43.2 Å². The van der Waals surface area contributed by atoms with Crippen molar-refractivity contribution in [3.63, 3.8) is 0 Å². The molecule has 3 unspecified atom stereocenters. The van der Waals surface area contributed by atoms with Crippen LogP contribution in [0.25, 0.3) is 0 Å². The molecule has 94 heavy (non-hydrogen) atoms. The Labute approximate surface area is 573 Å². The van der Waals surface area contributed by atoms with Gasteiger partial charge in [0.05, 0.1) is 26.4 Å². The van der Waals surface area contributed by atoms with Crippen molar-refractivity contribution < 1.29 is 80.2 Å². The topological polar surface area (TPSA) is 237 Å². The Morgan fingerprint density at radius 1 is 0.340 bits per heavy atom. The highest BCUT2D eigenvalue weighted by molar-refractivity contribution is 7.47. The predicted molar refractivity (Wildman–Crippen MR) is 381 cm³/mol. The van der Waals surface area contributed by atoms with Crippen LogP contribution >= 0.6 is 15.6 Å². The molecule has 0 aliphatic heterocycles. The molecule has 0 aromatic heterocycles. The quantitative estimate of drug-likeness (QED) is 0.0169. The van der Waals surface area contributed by atoms with Crippen LogP contribution in [0.1, 0.15) is 369 Å². The molecule has 0 aromatic carbocycles. The highest BCUT2D eigenvalue weighted by atomic mass is 31.2. The Kier molecular flexibility index (Phi) is 65.9. The van der Waals surface area contributed by atoms with Crippen molar-refractivity contribution in [1.82, 2.24) is 0 Å². The average Bonchev–Trinajstić information content (AvgIpc) is 1.90. The normalized spacial score (nSPS) is 14.4. The van der Waals surface area contributed by atoms with E-state index in [-0.39, 0.29) is 25.7 Å². The van der Waals surface area contributed by atoms with E-state index >= 15 is 0 Å². The fourth-order valence-corrected chi connectivity index (χ4v) is 12.5. The zero-order valence-corrected chi connectivity index (χ0v) is 62.4. The summed E-state index contributed by atoms with van der Waals surface area (Å²) in [7, 11) is -9.92. The molecule has 6 atom stereocenters. The van der Waals surface area contributed by atoms with Gasteiger partial charge in [-0.15, -0.1) is 0 Å². The third-order valence-corrected chi connectivity index (χ3v) is 19.2. The Morgan fingerprint density at radius 2 is 0.596 bits per heavy atom. The number of allylic oxidation sites excluding steroid dienone is 4. The van der Waals surface area contributed by atoms with Crippen LogP contribution in [0.15, 0.2) is 24.3 Å². The maximum Gasteiger partial charge on any atom is 0.472 e. The van der Waals surface area contributed by atoms with Crippen LogP contribution in [0, 0.1) is 5.92 Å². The predicted octanol–water partition coefficient (Wildman–Crippen LogP) is 21.6. The van der Waals surface area contributed by atoms with Crippen molar-refractivity contribution in [1.29, 1.82) is 0 Å². The number of unbranched alkanes of at least 4 members (excludes halogenated alkanes) is 41. The van der Waals surface area contributed by atoms with Crippen LogP contribution in [0.5, 0.6) is 0 Å². The second kappa shape index (κ2) is 67.7. The Morgan fingerprint density at radius 3 is 0.904 bits per heavy atom. The van der Waals surface area contributed by atoms with Gasteiger partial charge in [-0.05, 0) is 57.3 Å². The standard InChI is InChI=1S/C75H142O17P2/c1-6-10-13-16-19-22-25-27-29-31-33-36-39-45-50-55-60-74(79)91-70(64-86-73(78)59-54-49-44-38-35-32-30-28-26-23-20-17-14-11-7-2)66-89-93(81,82)87-62-69(76)63-88-94(83,84)90-67-71(65-85-72(77)58-53-48-43-37-34-24-21-18-15-12-8-3)92-75(80)61-56-51-46-41-40-42-47-52-57-68(5)9-4/h23,26,28,30,68-71,76H,6-22,24-25,27,29,31-67H2,1-5H3,(H,81,82)(H,83,84)/b26-23-,30-28-/t68?,69-,70-,71-/m1/s1. The highest BCUT2D eigenvalue weighted by Gasteiger charge is 2.30. The van der Waals surface area contributed by atoms with Crippen LogP contribution in [0.2, 0.25) is 0 Å². The number of aliphatic hydroxyl groups excluding tert-OH is 1. The molecule has 0 heterocycles. The number of aliphatic hydroxyl groups is 1. The lowest BCUT2D eigenvalue weighted by Crippen LogP contribution is -2.30. The number of carbonyl (C=O) groups excluding carboxylic acids is 4. The Bertz CT molecular complexity index is 1900. The summed E-state index contributed by atoms with van der Waals surface area (Å²) in [6, 6.07) is 0. The zero-order valence-electron chi connectivity index (χ0n) is 60.6. The molecule has 0 fully saturated rings. The third-order valence-electron chi connectivity index (χ3n) is 17.3. The second-order valence-electron chi connectivity index (χ2n) is 26.6. The lowest BCUT2D eigenvalue weighted by atomic mass is 9.99. The van der Waals surface area contributed by atoms with Crippen molar-refractivity contribution >= 4 is 39.5 Å². The van der Waals surface area contributed by atoms with E-state index in [4.69, 9.17) is 37.0 Å². The minimum Gasteiger partial charge on any atom is -0.462 e. The molecule has 0 spiro atoms. The van der Waals surface area contributed by atoms with E-state index in [1.54, 1.807) is 0 Å². The number of hydrogen-bond acceptors (Lipinski definition) is 15. The monoisotopic (exact) mass is 1380 g/mol. The van der Waals surface area contributed by atoms with E-state index in [2.05, 4.69) is 58.9 Å². The SMILES string of the molecule is CCCCCC/C=C\C=C/CCCCCCCC(=O)OC[C@H](COP(=O)(O)OC[C@@H](O)COP(=O)(O)OC[C@@H](COC(=O)CCCCCCCCCCCCC)OC(=O)CCCCCCCCCCC(C)CC)OC(=O)CCCCCCCCCCCCCCCCCC. The van der Waals surface area contributed by atoms with Crippen molar-refractivity contribution in [2.75, 3.05) is 39.6 Å². The van der Waals surface area contributed by atoms with E-state index in [0.717, 1.165) is 115 Å². The minimum absolute atomic E-state index is 0.101. The van der Waals surface area contributed by atoms with Gasteiger partial charge in [0, 0.05) is 25.7 Å². The molecule has 17 nitrogen and oxygen atoms in total. The number of carbonyl (C=O) groups is 4. The van der Waals surface area contributed by atoms with E-state index in [1.165, 1.54) is 173 Å². The van der Waals surface area contributed by atoms with Crippen LogP contribution in [-0.2, 0) is 65.4 Å². The number of hydrogen-bond donors (Lipinski definition) is 3. The third kappa shape index (κ3) is 66.8. The molecule has 0 amide bonds. The summed E-state index contributed by atoms with van der Waals surface area (Å²) < 4.78 is 68.4. The van der Waals surface area contributed by atoms with Gasteiger partial charge in [-0.3, -0.25) is 37.3 Å². The summed E-state index contributed by atoms with van der Waals surface area (Å²) >= 11 is 0. The molecule has 19 heteroatoms. The van der Waals surface area contributed by atoms with Crippen molar-refractivity contribution in [2.24, 2.45) is 5.92 Å². The number of ether oxygens (including phenoxy) is 4. The molecule has 0 aliphatic rings. The average molecular weight is 1380 g/mol. The largest absolute Gasteiger partial charge is 0.472 e. The van der Waals surface area contributed by atoms with Crippen molar-refractivity contribution in [3.05, 3.63) is 24.3 Å². The highest BCUT2D eigenvalue weighted by Crippen LogP contribution is 2.45. The summed E-state index contributed by atoms with van der Waals surface area (Å²) in [5.41, 5.74) is 0.